The van der Waals surface area contributed by atoms with Gasteiger partial charge in [-0.3, -0.25) is 9.59 Å². The number of nitrogens with one attached hydrogen (secondary N) is 1. The molecule has 1 N–H and O–H groups in total. The van der Waals surface area contributed by atoms with Crippen molar-refractivity contribution >= 4 is 29.0 Å². The Kier molecular flexibility index (Phi) is 6.17. The van der Waals surface area contributed by atoms with Gasteiger partial charge in [0, 0.05) is 18.8 Å². The molecule has 0 atom stereocenters. The minimum atomic E-state index is -0.217. The summed E-state index contributed by atoms with van der Waals surface area (Å²) in [7, 11) is 0. The van der Waals surface area contributed by atoms with Crippen molar-refractivity contribution in [2.75, 3.05) is 25.0 Å². The molecule has 1 fully saturated rings. The van der Waals surface area contributed by atoms with E-state index in [2.05, 4.69) is 14.9 Å². The highest BCUT2D eigenvalue weighted by Crippen LogP contribution is 2.19. The van der Waals surface area contributed by atoms with Crippen LogP contribution in [0.15, 0.2) is 24.3 Å². The minimum Gasteiger partial charge on any atom is -0.484 e. The summed E-state index contributed by atoms with van der Waals surface area (Å²) in [6, 6.07) is 6.98. The van der Waals surface area contributed by atoms with Crippen LogP contribution in [0.1, 0.15) is 41.6 Å². The van der Waals surface area contributed by atoms with E-state index in [-0.39, 0.29) is 18.4 Å². The Morgan fingerprint density at radius 1 is 1.19 bits per heavy atom. The number of amides is 2. The van der Waals surface area contributed by atoms with Crippen LogP contribution in [0.4, 0.5) is 5.69 Å². The van der Waals surface area contributed by atoms with Crippen molar-refractivity contribution in [1.29, 1.82) is 0 Å². The molecule has 1 saturated heterocycles. The number of nitrogens with zero attached hydrogens (tertiary/aromatic N) is 3. The Morgan fingerprint density at radius 2 is 1.92 bits per heavy atom. The molecular weight excluding hydrogens is 352 g/mol. The fourth-order valence-corrected chi connectivity index (χ4v) is 3.46. The van der Waals surface area contributed by atoms with E-state index in [4.69, 9.17) is 4.74 Å². The number of carbonyl (C=O) groups excluding carboxylic acids is 2. The van der Waals surface area contributed by atoms with Crippen LogP contribution < -0.4 is 10.1 Å². The van der Waals surface area contributed by atoms with Crippen molar-refractivity contribution < 1.29 is 14.3 Å². The first-order chi connectivity index (χ1) is 12.7. The molecule has 0 bridgehead atoms. The third kappa shape index (κ3) is 4.57. The summed E-state index contributed by atoms with van der Waals surface area (Å²) in [6.45, 7) is 3.61. The molecular formula is C18H22N4O3S. The second-order valence-electron chi connectivity index (χ2n) is 6.11. The molecule has 2 heterocycles. The number of likely N-dealkylation sites (tertiary alicyclic amines) is 1. The number of rotatable bonds is 6. The van der Waals surface area contributed by atoms with E-state index < -0.39 is 0 Å². The first kappa shape index (κ1) is 18.3. The van der Waals surface area contributed by atoms with Gasteiger partial charge in [0.05, 0.1) is 5.69 Å². The van der Waals surface area contributed by atoms with E-state index in [1.165, 1.54) is 6.42 Å². The van der Waals surface area contributed by atoms with Gasteiger partial charge in [0.1, 0.15) is 10.6 Å². The fourth-order valence-electron chi connectivity index (χ4n) is 2.81. The van der Waals surface area contributed by atoms with Crippen molar-refractivity contribution in [3.8, 4) is 5.75 Å². The Balaban J connectivity index is 1.51. The predicted octanol–water partition coefficient (Wildman–Crippen LogP) is 2.74. The highest BCUT2D eigenvalue weighted by Gasteiger charge is 2.17. The summed E-state index contributed by atoms with van der Waals surface area (Å²) < 4.78 is 9.39. The van der Waals surface area contributed by atoms with Crippen LogP contribution in [0, 0.1) is 0 Å². The van der Waals surface area contributed by atoms with Gasteiger partial charge in [-0.25, -0.2) is 0 Å². The predicted molar refractivity (Wildman–Crippen MR) is 99.6 cm³/mol. The van der Waals surface area contributed by atoms with E-state index in [9.17, 15) is 9.59 Å². The van der Waals surface area contributed by atoms with Crippen molar-refractivity contribution in [1.82, 2.24) is 14.5 Å². The standard InChI is InChI=1S/C18H22N4O3S/c1-2-15-17(26-21-20-15)18(24)19-13-6-8-14(9-7-13)25-12-16(23)22-10-4-3-5-11-22/h6-9H,2-5,10-12H2,1H3,(H,19,24). The lowest BCUT2D eigenvalue weighted by molar-refractivity contribution is -0.134. The molecule has 26 heavy (non-hydrogen) atoms. The van der Waals surface area contributed by atoms with Gasteiger partial charge in [0.15, 0.2) is 6.61 Å². The monoisotopic (exact) mass is 374 g/mol. The van der Waals surface area contributed by atoms with Gasteiger partial charge in [0.2, 0.25) is 0 Å². The van der Waals surface area contributed by atoms with Gasteiger partial charge >= 0.3 is 0 Å². The van der Waals surface area contributed by atoms with E-state index in [0.717, 1.165) is 37.5 Å². The lowest BCUT2D eigenvalue weighted by atomic mass is 10.1. The molecule has 0 aliphatic carbocycles. The topological polar surface area (TPSA) is 84.4 Å². The maximum Gasteiger partial charge on any atom is 0.269 e. The molecule has 138 valence electrons. The zero-order valence-corrected chi connectivity index (χ0v) is 15.6. The van der Waals surface area contributed by atoms with Crippen molar-refractivity contribution in [2.45, 2.75) is 32.6 Å². The molecule has 2 amide bonds. The number of anilines is 1. The number of hydrogen-bond acceptors (Lipinski definition) is 6. The number of ether oxygens (including phenoxy) is 1. The van der Waals surface area contributed by atoms with Crippen LogP contribution in [0.5, 0.6) is 5.75 Å². The van der Waals surface area contributed by atoms with Crippen LogP contribution in [0.25, 0.3) is 0 Å². The molecule has 0 unspecified atom stereocenters. The Bertz CT molecular complexity index is 754. The Labute approximate surface area is 156 Å². The van der Waals surface area contributed by atoms with Gasteiger partial charge in [0.25, 0.3) is 11.8 Å². The van der Waals surface area contributed by atoms with E-state index in [1.54, 1.807) is 24.3 Å². The van der Waals surface area contributed by atoms with Crippen LogP contribution in [-0.2, 0) is 11.2 Å². The van der Waals surface area contributed by atoms with Gasteiger partial charge in [-0.1, -0.05) is 11.4 Å². The number of piperidine rings is 1. The summed E-state index contributed by atoms with van der Waals surface area (Å²) in [5.74, 6) is 0.403. The molecule has 7 nitrogen and oxygen atoms in total. The van der Waals surface area contributed by atoms with Gasteiger partial charge in [-0.05, 0) is 61.5 Å². The van der Waals surface area contributed by atoms with Crippen molar-refractivity contribution in [2.24, 2.45) is 0 Å². The summed E-state index contributed by atoms with van der Waals surface area (Å²) in [5, 5.41) is 6.77. The maximum atomic E-state index is 12.3. The Morgan fingerprint density at radius 3 is 2.62 bits per heavy atom. The molecule has 0 radical (unpaired) electrons. The van der Waals surface area contributed by atoms with Crippen LogP contribution >= 0.6 is 11.5 Å². The zero-order chi connectivity index (χ0) is 18.4. The van der Waals surface area contributed by atoms with Crippen molar-refractivity contribution in [3.05, 3.63) is 34.8 Å². The van der Waals surface area contributed by atoms with Crippen LogP contribution in [-0.4, -0.2) is 46.0 Å². The molecule has 8 heteroatoms. The Hall–Kier alpha value is -2.48. The van der Waals surface area contributed by atoms with Gasteiger partial charge in [-0.2, -0.15) is 0 Å². The average Bonchev–Trinajstić information content (AvgIpc) is 3.17. The molecule has 0 spiro atoms. The number of carbonyl (C=O) groups is 2. The smallest absolute Gasteiger partial charge is 0.269 e. The summed E-state index contributed by atoms with van der Waals surface area (Å²) in [4.78, 5) is 26.8. The first-order valence-corrected chi connectivity index (χ1v) is 9.58. The highest BCUT2D eigenvalue weighted by molar-refractivity contribution is 7.08. The van der Waals surface area contributed by atoms with Crippen LogP contribution in [0.3, 0.4) is 0 Å². The zero-order valence-electron chi connectivity index (χ0n) is 14.7. The third-order valence-electron chi connectivity index (χ3n) is 4.28. The largest absolute Gasteiger partial charge is 0.484 e. The van der Waals surface area contributed by atoms with E-state index in [0.29, 0.717) is 28.4 Å². The second-order valence-corrected chi connectivity index (χ2v) is 6.87. The van der Waals surface area contributed by atoms with Crippen molar-refractivity contribution in [3.63, 3.8) is 0 Å². The molecule has 3 rings (SSSR count). The highest BCUT2D eigenvalue weighted by atomic mass is 32.1. The molecule has 1 aliphatic rings. The summed E-state index contributed by atoms with van der Waals surface area (Å²) >= 11 is 1.09. The lowest BCUT2D eigenvalue weighted by Gasteiger charge is -2.26. The number of benzene rings is 1. The quantitative estimate of drug-likeness (QED) is 0.840. The SMILES string of the molecule is CCc1nnsc1C(=O)Nc1ccc(OCC(=O)N2CCCCC2)cc1. The normalized spacial score (nSPS) is 14.1. The van der Waals surface area contributed by atoms with Gasteiger partial charge in [-0.15, -0.1) is 5.10 Å². The van der Waals surface area contributed by atoms with Gasteiger partial charge < -0.3 is 15.0 Å². The first-order valence-electron chi connectivity index (χ1n) is 8.80. The molecule has 2 aromatic rings. The van der Waals surface area contributed by atoms with E-state index >= 15 is 0 Å². The third-order valence-corrected chi connectivity index (χ3v) is 5.05. The van der Waals surface area contributed by atoms with Crippen LogP contribution in [0.2, 0.25) is 0 Å². The van der Waals surface area contributed by atoms with E-state index in [1.807, 2.05) is 11.8 Å². The maximum absolute atomic E-state index is 12.3. The fraction of sp³-hybridized carbons (Fsp3) is 0.444. The lowest BCUT2D eigenvalue weighted by Crippen LogP contribution is -2.38. The molecule has 1 aromatic carbocycles. The average molecular weight is 374 g/mol. The molecule has 0 saturated carbocycles. The number of aryl methyl sites for hydroxylation is 1. The molecule has 1 aliphatic heterocycles. The second kappa shape index (κ2) is 8.75. The number of hydrogen-bond donors (Lipinski definition) is 1. The minimum absolute atomic E-state index is 0.0202. The molecule has 1 aromatic heterocycles. The summed E-state index contributed by atoms with van der Waals surface area (Å²) in [6.07, 6.45) is 3.98. The summed E-state index contributed by atoms with van der Waals surface area (Å²) in [5.41, 5.74) is 1.35. The number of aromatic nitrogens is 2.